The largest absolute Gasteiger partial charge is 0.347 e. The molecule has 0 aromatic carbocycles. The van der Waals surface area contributed by atoms with Gasteiger partial charge in [0, 0.05) is 20.0 Å². The summed E-state index contributed by atoms with van der Waals surface area (Å²) in [4.78, 5) is 18.3. The van der Waals surface area contributed by atoms with E-state index in [0.29, 0.717) is 30.2 Å². The van der Waals surface area contributed by atoms with E-state index in [1.54, 1.807) is 17.8 Å². The second-order valence-corrected chi connectivity index (χ2v) is 4.69. The third-order valence-corrected chi connectivity index (χ3v) is 3.24. The molecular formula is C12H15N5O2. The van der Waals surface area contributed by atoms with Crippen molar-refractivity contribution in [2.24, 2.45) is 7.05 Å². The second kappa shape index (κ2) is 4.49. The Hall–Kier alpha value is -2.18. The zero-order valence-electron chi connectivity index (χ0n) is 11.0. The van der Waals surface area contributed by atoms with E-state index in [2.05, 4.69) is 20.1 Å². The van der Waals surface area contributed by atoms with Crippen LogP contribution in [0.25, 0.3) is 0 Å². The van der Waals surface area contributed by atoms with Gasteiger partial charge in [0.2, 0.25) is 5.89 Å². The molecule has 0 saturated carbocycles. The molecule has 3 heterocycles. The zero-order valence-corrected chi connectivity index (χ0v) is 11.0. The highest BCUT2D eigenvalue weighted by atomic mass is 16.5. The van der Waals surface area contributed by atoms with Crippen LogP contribution in [0.1, 0.15) is 34.9 Å². The van der Waals surface area contributed by atoms with Gasteiger partial charge in [-0.15, -0.1) is 0 Å². The Balaban J connectivity index is 1.94. The van der Waals surface area contributed by atoms with Crippen molar-refractivity contribution in [3.8, 4) is 0 Å². The van der Waals surface area contributed by atoms with E-state index in [1.165, 1.54) is 0 Å². The summed E-state index contributed by atoms with van der Waals surface area (Å²) in [6.45, 7) is 3.06. The second-order valence-electron chi connectivity index (χ2n) is 4.69. The molecule has 7 nitrogen and oxygen atoms in total. The van der Waals surface area contributed by atoms with Gasteiger partial charge in [0.05, 0.1) is 18.3 Å². The molecule has 0 amide bonds. The van der Waals surface area contributed by atoms with Crippen molar-refractivity contribution < 1.29 is 9.32 Å². The number of ketones is 1. The average molecular weight is 261 g/mol. The van der Waals surface area contributed by atoms with Gasteiger partial charge in [0.1, 0.15) is 5.82 Å². The number of hydrogen-bond donors (Lipinski definition) is 0. The summed E-state index contributed by atoms with van der Waals surface area (Å²) < 4.78 is 6.87. The van der Waals surface area contributed by atoms with Crippen LogP contribution in [0.2, 0.25) is 0 Å². The molecule has 1 aliphatic heterocycles. The lowest BCUT2D eigenvalue weighted by atomic mass is 10.1. The van der Waals surface area contributed by atoms with E-state index in [9.17, 15) is 4.79 Å². The molecule has 0 unspecified atom stereocenters. The third-order valence-electron chi connectivity index (χ3n) is 3.24. The van der Waals surface area contributed by atoms with E-state index >= 15 is 0 Å². The van der Waals surface area contributed by atoms with Crippen LogP contribution in [0.4, 0.5) is 5.82 Å². The van der Waals surface area contributed by atoms with Crippen molar-refractivity contribution in [2.45, 2.75) is 26.3 Å². The van der Waals surface area contributed by atoms with Gasteiger partial charge in [0.15, 0.2) is 11.6 Å². The first-order valence-corrected chi connectivity index (χ1v) is 6.24. The average Bonchev–Trinajstić information content (AvgIpc) is 2.90. The SMILES string of the molecule is Cc1noc(CN2CCCC(=O)c3cnn(C)c32)n1. The molecule has 2 aromatic rings. The Bertz CT molecular complexity index is 615. The fourth-order valence-corrected chi connectivity index (χ4v) is 2.40. The van der Waals surface area contributed by atoms with Crippen LogP contribution in [0.3, 0.4) is 0 Å². The summed E-state index contributed by atoms with van der Waals surface area (Å²) in [6, 6.07) is 0. The van der Waals surface area contributed by atoms with Crippen LogP contribution in [-0.4, -0.2) is 32.2 Å². The minimum Gasteiger partial charge on any atom is -0.347 e. The first kappa shape index (κ1) is 11.9. The molecule has 0 N–H and O–H groups in total. The maximum atomic E-state index is 12.0. The minimum atomic E-state index is 0.146. The molecule has 0 fully saturated rings. The summed E-state index contributed by atoms with van der Waals surface area (Å²) in [5, 5.41) is 7.96. The maximum absolute atomic E-state index is 12.0. The minimum absolute atomic E-state index is 0.146. The Morgan fingerprint density at radius 1 is 1.47 bits per heavy atom. The summed E-state index contributed by atoms with van der Waals surface area (Å²) in [7, 11) is 1.84. The Labute approximate surface area is 110 Å². The smallest absolute Gasteiger partial charge is 0.246 e. The monoisotopic (exact) mass is 261 g/mol. The van der Waals surface area contributed by atoms with Crippen LogP contribution in [0, 0.1) is 6.92 Å². The molecule has 0 radical (unpaired) electrons. The summed E-state index contributed by atoms with van der Waals surface area (Å²) >= 11 is 0. The number of carbonyl (C=O) groups is 1. The molecule has 0 spiro atoms. The first-order chi connectivity index (χ1) is 9.15. The molecule has 0 atom stereocenters. The number of hydrogen-bond acceptors (Lipinski definition) is 6. The number of fused-ring (bicyclic) bond motifs is 1. The highest BCUT2D eigenvalue weighted by Crippen LogP contribution is 2.26. The Morgan fingerprint density at radius 2 is 2.32 bits per heavy atom. The standard InChI is InChI=1S/C12H15N5O2/c1-8-14-11(19-15-8)7-17-5-3-4-10(18)9-6-13-16(2)12(9)17/h6H,3-5,7H2,1-2H3. The Morgan fingerprint density at radius 3 is 3.05 bits per heavy atom. The van der Waals surface area contributed by atoms with Gasteiger partial charge < -0.3 is 9.42 Å². The van der Waals surface area contributed by atoms with Crippen molar-refractivity contribution in [2.75, 3.05) is 11.4 Å². The molecule has 0 saturated heterocycles. The molecule has 100 valence electrons. The fraction of sp³-hybridized carbons (Fsp3) is 0.500. The summed E-state index contributed by atoms with van der Waals surface area (Å²) in [5.74, 6) is 2.15. The summed E-state index contributed by atoms with van der Waals surface area (Å²) in [5.41, 5.74) is 0.677. The van der Waals surface area contributed by atoms with E-state index in [1.807, 2.05) is 7.05 Å². The number of aromatic nitrogens is 4. The molecular weight excluding hydrogens is 246 g/mol. The number of carbonyl (C=O) groups excluding carboxylic acids is 1. The van der Waals surface area contributed by atoms with Crippen LogP contribution >= 0.6 is 0 Å². The van der Waals surface area contributed by atoms with Crippen molar-refractivity contribution in [1.82, 2.24) is 19.9 Å². The van der Waals surface area contributed by atoms with Gasteiger partial charge in [-0.1, -0.05) is 5.16 Å². The van der Waals surface area contributed by atoms with E-state index < -0.39 is 0 Å². The first-order valence-electron chi connectivity index (χ1n) is 6.24. The Kier molecular flexibility index (Phi) is 2.81. The predicted octanol–water partition coefficient (Wildman–Crippen LogP) is 1.09. The van der Waals surface area contributed by atoms with Gasteiger partial charge in [-0.3, -0.25) is 9.48 Å². The number of aryl methyl sites for hydroxylation is 2. The van der Waals surface area contributed by atoms with E-state index in [0.717, 1.165) is 18.8 Å². The highest BCUT2D eigenvalue weighted by molar-refractivity contribution is 6.01. The lowest BCUT2D eigenvalue weighted by Crippen LogP contribution is -2.26. The van der Waals surface area contributed by atoms with Crippen molar-refractivity contribution in [3.63, 3.8) is 0 Å². The van der Waals surface area contributed by atoms with Crippen LogP contribution in [0.5, 0.6) is 0 Å². The van der Waals surface area contributed by atoms with Crippen LogP contribution in [-0.2, 0) is 13.6 Å². The molecule has 3 rings (SSSR count). The molecule has 1 aliphatic rings. The number of anilines is 1. The molecule has 19 heavy (non-hydrogen) atoms. The quantitative estimate of drug-likeness (QED) is 0.805. The van der Waals surface area contributed by atoms with Crippen LogP contribution < -0.4 is 4.90 Å². The van der Waals surface area contributed by atoms with Crippen molar-refractivity contribution in [1.29, 1.82) is 0 Å². The van der Waals surface area contributed by atoms with Crippen LogP contribution in [0.15, 0.2) is 10.7 Å². The molecule has 2 aromatic heterocycles. The topological polar surface area (TPSA) is 77.0 Å². The number of rotatable bonds is 2. The van der Waals surface area contributed by atoms with Crippen molar-refractivity contribution >= 4 is 11.6 Å². The van der Waals surface area contributed by atoms with Gasteiger partial charge in [0.25, 0.3) is 0 Å². The lowest BCUT2D eigenvalue weighted by molar-refractivity contribution is 0.0984. The molecule has 0 bridgehead atoms. The lowest BCUT2D eigenvalue weighted by Gasteiger charge is -2.21. The predicted molar refractivity (Wildman–Crippen MR) is 66.9 cm³/mol. The normalized spacial score (nSPS) is 15.5. The van der Waals surface area contributed by atoms with E-state index in [-0.39, 0.29) is 5.78 Å². The van der Waals surface area contributed by atoms with Gasteiger partial charge >= 0.3 is 0 Å². The third kappa shape index (κ3) is 2.11. The molecule has 7 heteroatoms. The van der Waals surface area contributed by atoms with Gasteiger partial charge in [-0.05, 0) is 13.3 Å². The summed E-state index contributed by atoms with van der Waals surface area (Å²) in [6.07, 6.45) is 3.01. The van der Waals surface area contributed by atoms with E-state index in [4.69, 9.17) is 4.52 Å². The fourth-order valence-electron chi connectivity index (χ4n) is 2.40. The highest BCUT2D eigenvalue weighted by Gasteiger charge is 2.25. The van der Waals surface area contributed by atoms with Crippen molar-refractivity contribution in [3.05, 3.63) is 23.5 Å². The zero-order chi connectivity index (χ0) is 13.4. The number of Topliss-reactive ketones (excluding diaryl/α,β-unsaturated/α-hetero) is 1. The van der Waals surface area contributed by atoms with Gasteiger partial charge in [-0.25, -0.2) is 0 Å². The van der Waals surface area contributed by atoms with Gasteiger partial charge in [-0.2, -0.15) is 10.1 Å². The molecule has 0 aliphatic carbocycles. The number of nitrogens with zero attached hydrogens (tertiary/aromatic N) is 5. The maximum Gasteiger partial charge on any atom is 0.246 e.